The van der Waals surface area contributed by atoms with Crippen molar-refractivity contribution in [2.24, 2.45) is 9.98 Å². The second kappa shape index (κ2) is 12.6. The highest BCUT2D eigenvalue weighted by Crippen LogP contribution is 2.48. The molecular formula is C54H36N4OS. The molecule has 3 aliphatic rings. The first-order valence-corrected chi connectivity index (χ1v) is 21.4. The van der Waals surface area contributed by atoms with E-state index < -0.39 is 6.17 Å². The molecule has 2 aliphatic heterocycles. The van der Waals surface area contributed by atoms with Gasteiger partial charge in [0.25, 0.3) is 0 Å². The largest absolute Gasteiger partial charge is 0.485 e. The van der Waals surface area contributed by atoms with Crippen LogP contribution in [0.15, 0.2) is 198 Å². The van der Waals surface area contributed by atoms with E-state index in [1.165, 1.54) is 47.3 Å². The topological polar surface area (TPSA) is 50.9 Å². The summed E-state index contributed by atoms with van der Waals surface area (Å²) in [4.78, 5) is 11.2. The molecule has 0 saturated carbocycles. The van der Waals surface area contributed by atoms with Crippen molar-refractivity contribution in [3.63, 3.8) is 0 Å². The van der Waals surface area contributed by atoms with Gasteiger partial charge in [0.1, 0.15) is 23.5 Å². The minimum atomic E-state index is -0.569. The highest BCUT2D eigenvalue weighted by Gasteiger charge is 2.44. The highest BCUT2D eigenvalue weighted by atomic mass is 32.1. The van der Waals surface area contributed by atoms with Crippen LogP contribution in [0, 0.1) is 0 Å². The molecule has 60 heavy (non-hydrogen) atoms. The summed E-state index contributed by atoms with van der Waals surface area (Å²) in [5.41, 5.74) is 7.41. The first kappa shape index (κ1) is 33.7. The number of benzene rings is 8. The number of nitrogens with one attached hydrogen (secondary N) is 1. The molecule has 0 spiro atoms. The quantitative estimate of drug-likeness (QED) is 0.193. The van der Waals surface area contributed by atoms with Crippen molar-refractivity contribution < 1.29 is 4.74 Å². The van der Waals surface area contributed by atoms with Crippen LogP contribution in [0.3, 0.4) is 0 Å². The van der Waals surface area contributed by atoms with Gasteiger partial charge in [-0.3, -0.25) is 0 Å². The van der Waals surface area contributed by atoms with E-state index in [9.17, 15) is 0 Å². The Hall–Kier alpha value is -7.28. The van der Waals surface area contributed by atoms with Crippen molar-refractivity contribution in [3.05, 3.63) is 204 Å². The monoisotopic (exact) mass is 788 g/mol. The van der Waals surface area contributed by atoms with E-state index in [1.807, 2.05) is 17.4 Å². The highest BCUT2D eigenvalue weighted by molar-refractivity contribution is 7.26. The third kappa shape index (κ3) is 4.85. The number of rotatable bonds is 4. The smallest absolute Gasteiger partial charge is 0.171 e. The number of ether oxygens (including phenoxy) is 1. The van der Waals surface area contributed by atoms with Gasteiger partial charge in [-0.15, -0.1) is 11.3 Å². The van der Waals surface area contributed by atoms with Crippen LogP contribution in [0.2, 0.25) is 0 Å². The Morgan fingerprint density at radius 3 is 2.23 bits per heavy atom. The lowest BCUT2D eigenvalue weighted by Crippen LogP contribution is -2.40. The number of aromatic nitrogens is 1. The number of nitrogens with zero attached hydrogens (tertiary/aromatic N) is 3. The van der Waals surface area contributed by atoms with Crippen LogP contribution in [0.1, 0.15) is 29.8 Å². The zero-order chi connectivity index (χ0) is 39.5. The van der Waals surface area contributed by atoms with Gasteiger partial charge in [-0.1, -0.05) is 146 Å². The number of fused-ring (bicyclic) bond motifs is 11. The molecule has 1 aliphatic carbocycles. The fourth-order valence-corrected chi connectivity index (χ4v) is 11.1. The average molecular weight is 789 g/mol. The standard InChI is InChI=1S/C54H36N4OS/c1-54-28-27-35(31-48(54)59-46-23-10-8-21-43(46)54)51-55-52(40-20-12-16-32-13-4-5-17-36(32)40)57-53(56-51)41-26-25-39-38-19-7-11-24-47(38)60-50(39)49(41)58-44-22-9-6-18-37(44)42-29-33-14-2-3-15-34(33)30-45(42)58/h2-31,48,53H,1H3,(H,55,56,57). The molecule has 5 nitrogen and oxygen atoms in total. The van der Waals surface area contributed by atoms with Crippen molar-refractivity contribution in [1.29, 1.82) is 0 Å². The van der Waals surface area contributed by atoms with Gasteiger partial charge in [0.05, 0.1) is 26.8 Å². The van der Waals surface area contributed by atoms with Crippen molar-refractivity contribution in [1.82, 2.24) is 9.88 Å². The Morgan fingerprint density at radius 2 is 1.33 bits per heavy atom. The fourth-order valence-electron chi connectivity index (χ4n) is 9.89. The number of amidine groups is 2. The van der Waals surface area contributed by atoms with Crippen LogP contribution >= 0.6 is 11.3 Å². The third-order valence-corrected chi connectivity index (χ3v) is 14.1. The van der Waals surface area contributed by atoms with Gasteiger partial charge in [-0.2, -0.15) is 0 Å². The van der Waals surface area contributed by atoms with E-state index in [-0.39, 0.29) is 11.5 Å². The predicted molar refractivity (Wildman–Crippen MR) is 250 cm³/mol. The van der Waals surface area contributed by atoms with Crippen molar-refractivity contribution in [2.75, 3.05) is 0 Å². The van der Waals surface area contributed by atoms with Crippen LogP contribution in [0.4, 0.5) is 0 Å². The van der Waals surface area contributed by atoms with Gasteiger partial charge in [-0.05, 0) is 64.9 Å². The predicted octanol–water partition coefficient (Wildman–Crippen LogP) is 13.1. The molecule has 0 saturated heterocycles. The average Bonchev–Trinajstić information content (AvgIpc) is 3.94. The van der Waals surface area contributed by atoms with Crippen molar-refractivity contribution in [2.45, 2.75) is 24.6 Å². The molecule has 4 heterocycles. The molecule has 284 valence electrons. The van der Waals surface area contributed by atoms with Crippen molar-refractivity contribution in [3.8, 4) is 11.4 Å². The van der Waals surface area contributed by atoms with E-state index in [4.69, 9.17) is 14.7 Å². The summed E-state index contributed by atoms with van der Waals surface area (Å²) in [7, 11) is 0. The van der Waals surface area contributed by atoms with E-state index in [0.29, 0.717) is 0 Å². The Labute approximate surface area is 349 Å². The Balaban J connectivity index is 1.09. The van der Waals surface area contributed by atoms with Gasteiger partial charge in [-0.25, -0.2) is 9.98 Å². The normalized spacial score (nSPS) is 19.6. The summed E-state index contributed by atoms with van der Waals surface area (Å²) in [6.45, 7) is 2.26. The Bertz CT molecular complexity index is 3600. The molecule has 10 aromatic rings. The van der Waals surface area contributed by atoms with E-state index >= 15 is 0 Å². The molecule has 0 bridgehead atoms. The molecule has 0 fully saturated rings. The summed E-state index contributed by atoms with van der Waals surface area (Å²) >= 11 is 1.84. The number of para-hydroxylation sites is 2. The molecular weight excluding hydrogens is 753 g/mol. The molecule has 1 N–H and O–H groups in total. The molecule has 0 radical (unpaired) electrons. The summed E-state index contributed by atoms with van der Waals surface area (Å²) in [6.07, 6.45) is 6.00. The molecule has 6 heteroatoms. The van der Waals surface area contributed by atoms with Gasteiger partial charge in [0.15, 0.2) is 6.17 Å². The number of thiophene rings is 1. The van der Waals surface area contributed by atoms with Crippen LogP contribution in [0.5, 0.6) is 5.75 Å². The van der Waals surface area contributed by atoms with Crippen molar-refractivity contribution >= 4 is 86.5 Å². The number of hydrogen-bond acceptors (Lipinski definition) is 5. The van der Waals surface area contributed by atoms with Gasteiger partial charge in [0, 0.05) is 48.5 Å². The van der Waals surface area contributed by atoms with Crippen LogP contribution in [-0.4, -0.2) is 22.3 Å². The van der Waals surface area contributed by atoms with Crippen LogP contribution in [-0.2, 0) is 5.41 Å². The third-order valence-electron chi connectivity index (χ3n) is 12.9. The number of hydrogen-bond donors (Lipinski definition) is 1. The zero-order valence-corrected chi connectivity index (χ0v) is 33.4. The second-order valence-corrected chi connectivity index (χ2v) is 17.4. The minimum absolute atomic E-state index is 0.171. The minimum Gasteiger partial charge on any atom is -0.485 e. The zero-order valence-electron chi connectivity index (χ0n) is 32.6. The lowest BCUT2D eigenvalue weighted by molar-refractivity contribution is 0.227. The molecule has 3 unspecified atom stereocenters. The SMILES string of the molecule is CC12C=CC(C3=NC(c4ccc5c(sc6ccccc65)c4-n4c5ccccc5c5cc6ccccc6cc54)N=C(c4cccc5ccccc45)N3)=CC1Oc1ccccc12. The maximum atomic E-state index is 6.63. The van der Waals surface area contributed by atoms with E-state index in [0.717, 1.165) is 61.6 Å². The molecule has 2 aromatic heterocycles. The maximum absolute atomic E-state index is 6.63. The van der Waals surface area contributed by atoms with E-state index in [2.05, 4.69) is 193 Å². The molecule has 3 atom stereocenters. The molecule has 13 rings (SSSR count). The van der Waals surface area contributed by atoms with Gasteiger partial charge < -0.3 is 14.6 Å². The maximum Gasteiger partial charge on any atom is 0.171 e. The van der Waals surface area contributed by atoms with Gasteiger partial charge >= 0.3 is 0 Å². The summed E-state index contributed by atoms with van der Waals surface area (Å²) in [5.74, 6) is 2.49. The summed E-state index contributed by atoms with van der Waals surface area (Å²) < 4.78 is 11.6. The lowest BCUT2D eigenvalue weighted by atomic mass is 9.75. The molecule has 0 amide bonds. The van der Waals surface area contributed by atoms with Crippen LogP contribution in [0.25, 0.3) is 69.2 Å². The first-order valence-electron chi connectivity index (χ1n) is 20.5. The van der Waals surface area contributed by atoms with Crippen LogP contribution < -0.4 is 10.1 Å². The Morgan fingerprint density at radius 1 is 0.617 bits per heavy atom. The summed E-state index contributed by atoms with van der Waals surface area (Å²) in [6, 6.07) is 58.9. The Kier molecular flexibility index (Phi) is 7.08. The van der Waals surface area contributed by atoms with Gasteiger partial charge in [0.2, 0.25) is 0 Å². The second-order valence-electron chi connectivity index (χ2n) is 16.3. The molecule has 8 aromatic carbocycles. The number of aliphatic imine (C=N–C) groups is 2. The summed E-state index contributed by atoms with van der Waals surface area (Å²) in [5, 5.41) is 13.4. The fraction of sp³-hybridized carbons (Fsp3) is 0.0741. The van der Waals surface area contributed by atoms with E-state index in [1.54, 1.807) is 0 Å². The first-order chi connectivity index (χ1) is 29.6. The lowest BCUT2D eigenvalue weighted by Gasteiger charge is -2.31.